The van der Waals surface area contributed by atoms with Gasteiger partial charge in [0.2, 0.25) is 5.91 Å². The Morgan fingerprint density at radius 1 is 1.19 bits per heavy atom. The summed E-state index contributed by atoms with van der Waals surface area (Å²) in [6.45, 7) is 9.91. The molecule has 0 bridgehead atoms. The number of aryl methyl sites for hydroxylation is 1. The first kappa shape index (κ1) is 23.6. The van der Waals surface area contributed by atoms with Crippen LogP contribution in [0, 0.1) is 11.8 Å². The summed E-state index contributed by atoms with van der Waals surface area (Å²) in [5.74, 6) is 3.28. The van der Waals surface area contributed by atoms with E-state index in [-0.39, 0.29) is 5.91 Å². The first-order valence-electron chi connectivity index (χ1n) is 11.5. The van der Waals surface area contributed by atoms with E-state index < -0.39 is 0 Å². The highest BCUT2D eigenvalue weighted by Crippen LogP contribution is 2.24. The molecule has 2 aromatic rings. The Labute approximate surface area is 190 Å². The second-order valence-electron chi connectivity index (χ2n) is 9.00. The molecule has 0 aliphatic heterocycles. The van der Waals surface area contributed by atoms with Gasteiger partial charge in [0.15, 0.2) is 11.0 Å². The van der Waals surface area contributed by atoms with Crippen molar-refractivity contribution in [2.75, 3.05) is 5.75 Å². The number of hydrogen-bond acceptors (Lipinski definition) is 5. The maximum absolute atomic E-state index is 12.5. The molecule has 170 valence electrons. The Balaban J connectivity index is 1.56. The SMILES string of the molecule is CCc1ccc(OCc2nnc(SCC(=O)NC3CCC(C)CC3)n2CC(C)C)cc1. The van der Waals surface area contributed by atoms with Crippen LogP contribution >= 0.6 is 11.8 Å². The van der Waals surface area contributed by atoms with Crippen molar-refractivity contribution < 1.29 is 9.53 Å². The van der Waals surface area contributed by atoms with Crippen LogP contribution in [0.15, 0.2) is 29.4 Å². The van der Waals surface area contributed by atoms with Gasteiger partial charge in [0.1, 0.15) is 12.4 Å². The van der Waals surface area contributed by atoms with Crippen molar-refractivity contribution >= 4 is 17.7 Å². The predicted molar refractivity (Wildman–Crippen MR) is 125 cm³/mol. The van der Waals surface area contributed by atoms with E-state index >= 15 is 0 Å². The van der Waals surface area contributed by atoms with Gasteiger partial charge in [-0.1, -0.05) is 51.6 Å². The van der Waals surface area contributed by atoms with Crippen LogP contribution in [-0.4, -0.2) is 32.5 Å². The third-order valence-corrected chi connectivity index (χ3v) is 6.72. The Hall–Kier alpha value is -2.02. The van der Waals surface area contributed by atoms with Crippen LogP contribution in [0.25, 0.3) is 0 Å². The lowest BCUT2D eigenvalue weighted by atomic mass is 9.87. The van der Waals surface area contributed by atoms with Gasteiger partial charge in [0.25, 0.3) is 0 Å². The number of benzene rings is 1. The third-order valence-electron chi connectivity index (χ3n) is 5.75. The number of hydrogen-bond donors (Lipinski definition) is 1. The van der Waals surface area contributed by atoms with Gasteiger partial charge in [-0.15, -0.1) is 10.2 Å². The Morgan fingerprint density at radius 3 is 2.55 bits per heavy atom. The van der Waals surface area contributed by atoms with Crippen molar-refractivity contribution in [3.63, 3.8) is 0 Å². The van der Waals surface area contributed by atoms with Crippen LogP contribution in [0.3, 0.4) is 0 Å². The van der Waals surface area contributed by atoms with Crippen molar-refractivity contribution in [1.29, 1.82) is 0 Å². The minimum absolute atomic E-state index is 0.0810. The molecule has 3 rings (SSSR count). The Morgan fingerprint density at radius 2 is 1.90 bits per heavy atom. The van der Waals surface area contributed by atoms with Gasteiger partial charge in [0, 0.05) is 12.6 Å². The van der Waals surface area contributed by atoms with E-state index in [0.717, 1.165) is 48.5 Å². The molecule has 1 aromatic heterocycles. The highest BCUT2D eigenvalue weighted by molar-refractivity contribution is 7.99. The Kier molecular flexibility index (Phi) is 8.81. The smallest absolute Gasteiger partial charge is 0.230 e. The second kappa shape index (κ2) is 11.6. The van der Waals surface area contributed by atoms with E-state index in [4.69, 9.17) is 4.74 Å². The quantitative estimate of drug-likeness (QED) is 0.530. The largest absolute Gasteiger partial charge is 0.486 e. The number of rotatable bonds is 10. The number of aromatic nitrogens is 3. The zero-order valence-corrected chi connectivity index (χ0v) is 20.1. The number of carbonyl (C=O) groups excluding carboxylic acids is 1. The summed E-state index contributed by atoms with van der Waals surface area (Å²) in [6, 6.07) is 8.48. The van der Waals surface area contributed by atoms with Crippen molar-refractivity contribution in [3.8, 4) is 5.75 Å². The molecule has 6 nitrogen and oxygen atoms in total. The first-order chi connectivity index (χ1) is 14.9. The molecule has 7 heteroatoms. The minimum atomic E-state index is 0.0810. The van der Waals surface area contributed by atoms with Crippen LogP contribution in [0.2, 0.25) is 0 Å². The van der Waals surface area contributed by atoms with Crippen molar-refractivity contribution in [2.24, 2.45) is 11.8 Å². The van der Waals surface area contributed by atoms with Gasteiger partial charge >= 0.3 is 0 Å². The Bertz CT molecular complexity index is 827. The van der Waals surface area contributed by atoms with Crippen molar-refractivity contribution in [1.82, 2.24) is 20.1 Å². The van der Waals surface area contributed by atoms with Gasteiger partial charge in [0.05, 0.1) is 5.75 Å². The standard InChI is InChI=1S/C24H36N4O2S/c1-5-19-8-12-21(13-9-19)30-15-22-26-27-24(28(22)14-17(2)3)31-16-23(29)25-20-10-6-18(4)7-11-20/h8-9,12-13,17-18,20H,5-7,10-11,14-16H2,1-4H3,(H,25,29). The van der Waals surface area contributed by atoms with Crippen molar-refractivity contribution in [2.45, 2.75) is 84.1 Å². The number of thioether (sulfide) groups is 1. The van der Waals surface area contributed by atoms with Gasteiger partial charge in [-0.05, 0) is 61.6 Å². The molecule has 1 aliphatic rings. The lowest BCUT2D eigenvalue weighted by Crippen LogP contribution is -2.38. The summed E-state index contributed by atoms with van der Waals surface area (Å²) in [6.07, 6.45) is 5.58. The van der Waals surface area contributed by atoms with Crippen LogP contribution < -0.4 is 10.1 Å². The highest BCUT2D eigenvalue weighted by Gasteiger charge is 2.21. The number of ether oxygens (including phenoxy) is 1. The summed E-state index contributed by atoms with van der Waals surface area (Å²) in [5, 5.41) is 12.7. The number of nitrogens with zero attached hydrogens (tertiary/aromatic N) is 3. The first-order valence-corrected chi connectivity index (χ1v) is 12.5. The van der Waals surface area contributed by atoms with E-state index in [1.54, 1.807) is 0 Å². The molecule has 1 N–H and O–H groups in total. The lowest BCUT2D eigenvalue weighted by Gasteiger charge is -2.26. The van der Waals surface area contributed by atoms with Crippen LogP contribution in [0.5, 0.6) is 5.75 Å². The molecule has 0 saturated heterocycles. The number of carbonyl (C=O) groups is 1. The molecule has 1 heterocycles. The average Bonchev–Trinajstić information content (AvgIpc) is 3.13. The topological polar surface area (TPSA) is 69.0 Å². The zero-order valence-electron chi connectivity index (χ0n) is 19.3. The van der Waals surface area contributed by atoms with Crippen LogP contribution in [0.1, 0.15) is 64.8 Å². The van der Waals surface area contributed by atoms with Crippen LogP contribution in [0.4, 0.5) is 0 Å². The number of amides is 1. The van der Waals surface area contributed by atoms with E-state index in [9.17, 15) is 4.79 Å². The summed E-state index contributed by atoms with van der Waals surface area (Å²) in [5.41, 5.74) is 1.29. The lowest BCUT2D eigenvalue weighted by molar-refractivity contribution is -0.119. The van der Waals surface area contributed by atoms with Crippen LogP contribution in [-0.2, 0) is 24.4 Å². The van der Waals surface area contributed by atoms with Gasteiger partial charge in [-0.3, -0.25) is 4.79 Å². The van der Waals surface area contributed by atoms with E-state index in [1.807, 2.05) is 12.1 Å². The zero-order chi connectivity index (χ0) is 22.2. The second-order valence-corrected chi connectivity index (χ2v) is 9.94. The molecule has 0 atom stereocenters. The van der Waals surface area contributed by atoms with E-state index in [0.29, 0.717) is 24.3 Å². The summed E-state index contributed by atoms with van der Waals surface area (Å²) in [7, 11) is 0. The molecule has 0 unspecified atom stereocenters. The summed E-state index contributed by atoms with van der Waals surface area (Å²) < 4.78 is 8.04. The molecule has 31 heavy (non-hydrogen) atoms. The normalized spacial score (nSPS) is 18.9. The molecular weight excluding hydrogens is 408 g/mol. The molecule has 1 aliphatic carbocycles. The summed E-state index contributed by atoms with van der Waals surface area (Å²) in [4.78, 5) is 12.5. The molecule has 0 radical (unpaired) electrons. The molecule has 1 saturated carbocycles. The summed E-state index contributed by atoms with van der Waals surface area (Å²) >= 11 is 1.46. The fourth-order valence-electron chi connectivity index (χ4n) is 3.85. The maximum atomic E-state index is 12.5. The highest BCUT2D eigenvalue weighted by atomic mass is 32.2. The maximum Gasteiger partial charge on any atom is 0.230 e. The average molecular weight is 445 g/mol. The fourth-order valence-corrected chi connectivity index (χ4v) is 4.63. The monoisotopic (exact) mass is 444 g/mol. The third kappa shape index (κ3) is 7.27. The predicted octanol–water partition coefficient (Wildman–Crippen LogP) is 4.86. The van der Waals surface area contributed by atoms with Gasteiger partial charge < -0.3 is 14.6 Å². The fraction of sp³-hybridized carbons (Fsp3) is 0.625. The minimum Gasteiger partial charge on any atom is -0.486 e. The van der Waals surface area contributed by atoms with Gasteiger partial charge in [-0.2, -0.15) is 0 Å². The van der Waals surface area contributed by atoms with Crippen molar-refractivity contribution in [3.05, 3.63) is 35.7 Å². The van der Waals surface area contributed by atoms with Gasteiger partial charge in [-0.25, -0.2) is 0 Å². The molecular formula is C24H36N4O2S. The molecule has 1 fully saturated rings. The van der Waals surface area contributed by atoms with E-state index in [2.05, 4.69) is 59.9 Å². The number of nitrogens with one attached hydrogen (secondary N) is 1. The van der Waals surface area contributed by atoms with E-state index in [1.165, 1.54) is 30.2 Å². The molecule has 1 aromatic carbocycles. The molecule has 1 amide bonds. The molecule has 0 spiro atoms.